The molecule has 0 amide bonds. The Morgan fingerprint density at radius 1 is 1.40 bits per heavy atom. The van der Waals surface area contributed by atoms with Crippen molar-refractivity contribution < 1.29 is 14.3 Å². The van der Waals surface area contributed by atoms with Crippen LogP contribution in [0.2, 0.25) is 0 Å². The summed E-state index contributed by atoms with van der Waals surface area (Å²) in [6, 6.07) is 5.59. The second-order valence-electron chi connectivity index (χ2n) is 3.83. The van der Waals surface area contributed by atoms with E-state index < -0.39 is 0 Å². The standard InChI is InChI=1S/C12H14O3/c1-7-8(2)15-11-9(7)5-4-6-10(11)12(13)14-3/h4-8H,1-3H3/t7-,8+/m1/s1. The van der Waals surface area contributed by atoms with E-state index in [9.17, 15) is 4.79 Å². The first-order valence-corrected chi connectivity index (χ1v) is 5.03. The topological polar surface area (TPSA) is 35.5 Å². The van der Waals surface area contributed by atoms with E-state index in [-0.39, 0.29) is 12.1 Å². The lowest BCUT2D eigenvalue weighted by Gasteiger charge is -2.08. The van der Waals surface area contributed by atoms with Crippen molar-refractivity contribution in [2.75, 3.05) is 7.11 Å². The highest BCUT2D eigenvalue weighted by atomic mass is 16.5. The summed E-state index contributed by atoms with van der Waals surface area (Å²) in [6.45, 7) is 4.10. The molecule has 0 aliphatic carbocycles. The zero-order valence-corrected chi connectivity index (χ0v) is 9.11. The average molecular weight is 206 g/mol. The van der Waals surface area contributed by atoms with Crippen LogP contribution < -0.4 is 4.74 Å². The minimum Gasteiger partial charge on any atom is -0.489 e. The molecule has 0 bridgehead atoms. The quantitative estimate of drug-likeness (QED) is 0.662. The van der Waals surface area contributed by atoms with Crippen molar-refractivity contribution in [2.24, 2.45) is 0 Å². The molecule has 0 saturated heterocycles. The number of hydrogen-bond donors (Lipinski definition) is 0. The summed E-state index contributed by atoms with van der Waals surface area (Å²) in [5.41, 5.74) is 1.61. The Bertz CT molecular complexity index is 398. The maximum absolute atomic E-state index is 11.5. The van der Waals surface area contributed by atoms with E-state index in [2.05, 4.69) is 6.92 Å². The van der Waals surface area contributed by atoms with Gasteiger partial charge in [0.1, 0.15) is 17.4 Å². The van der Waals surface area contributed by atoms with E-state index in [1.807, 2.05) is 19.1 Å². The third kappa shape index (κ3) is 1.48. The fraction of sp³-hybridized carbons (Fsp3) is 0.417. The summed E-state index contributed by atoms with van der Waals surface area (Å²) in [5.74, 6) is 0.669. The molecule has 3 nitrogen and oxygen atoms in total. The third-order valence-electron chi connectivity index (χ3n) is 2.95. The van der Waals surface area contributed by atoms with Gasteiger partial charge in [-0.3, -0.25) is 0 Å². The first-order chi connectivity index (χ1) is 7.15. The monoisotopic (exact) mass is 206 g/mol. The summed E-state index contributed by atoms with van der Waals surface area (Å²) < 4.78 is 10.4. The van der Waals surface area contributed by atoms with Crippen molar-refractivity contribution in [3.63, 3.8) is 0 Å². The van der Waals surface area contributed by atoms with Gasteiger partial charge in [0, 0.05) is 11.5 Å². The maximum atomic E-state index is 11.5. The number of carbonyl (C=O) groups is 1. The van der Waals surface area contributed by atoms with E-state index in [1.165, 1.54) is 7.11 Å². The fourth-order valence-electron chi connectivity index (χ4n) is 1.86. The highest BCUT2D eigenvalue weighted by Gasteiger charge is 2.31. The van der Waals surface area contributed by atoms with Crippen LogP contribution in [0.3, 0.4) is 0 Å². The van der Waals surface area contributed by atoms with Gasteiger partial charge in [0.25, 0.3) is 0 Å². The van der Waals surface area contributed by atoms with Gasteiger partial charge in [-0.25, -0.2) is 4.79 Å². The summed E-state index contributed by atoms with van der Waals surface area (Å²) in [6.07, 6.45) is 0.116. The summed E-state index contributed by atoms with van der Waals surface area (Å²) in [5, 5.41) is 0. The lowest BCUT2D eigenvalue weighted by Crippen LogP contribution is -2.11. The van der Waals surface area contributed by atoms with Crippen LogP contribution in [0.1, 0.15) is 35.7 Å². The predicted octanol–water partition coefficient (Wildman–Crippen LogP) is 2.36. The Kier molecular flexibility index (Phi) is 2.39. The molecule has 1 heterocycles. The Hall–Kier alpha value is -1.51. The molecule has 80 valence electrons. The van der Waals surface area contributed by atoms with Crippen LogP contribution >= 0.6 is 0 Å². The molecule has 15 heavy (non-hydrogen) atoms. The molecule has 1 aliphatic rings. The summed E-state index contributed by atoms with van der Waals surface area (Å²) in [7, 11) is 1.38. The van der Waals surface area contributed by atoms with Crippen LogP contribution in [0, 0.1) is 0 Å². The smallest absolute Gasteiger partial charge is 0.341 e. The maximum Gasteiger partial charge on any atom is 0.341 e. The normalized spacial score (nSPS) is 23.1. The first-order valence-electron chi connectivity index (χ1n) is 5.03. The van der Waals surface area contributed by atoms with Gasteiger partial charge in [0.15, 0.2) is 0 Å². The average Bonchev–Trinajstić information content (AvgIpc) is 2.54. The van der Waals surface area contributed by atoms with Gasteiger partial charge in [-0.1, -0.05) is 19.1 Å². The van der Waals surface area contributed by atoms with Crippen molar-refractivity contribution in [2.45, 2.75) is 25.9 Å². The van der Waals surface area contributed by atoms with Gasteiger partial charge in [-0.2, -0.15) is 0 Å². The van der Waals surface area contributed by atoms with Crippen molar-refractivity contribution >= 4 is 5.97 Å². The van der Waals surface area contributed by atoms with Gasteiger partial charge in [0.2, 0.25) is 0 Å². The molecule has 0 unspecified atom stereocenters. The van der Waals surface area contributed by atoms with E-state index in [4.69, 9.17) is 9.47 Å². The number of fused-ring (bicyclic) bond motifs is 1. The summed E-state index contributed by atoms with van der Waals surface area (Å²) in [4.78, 5) is 11.5. The lowest BCUT2D eigenvalue weighted by molar-refractivity contribution is 0.0595. The van der Waals surface area contributed by atoms with E-state index in [0.29, 0.717) is 17.2 Å². The minimum atomic E-state index is -0.340. The molecule has 0 fully saturated rings. The SMILES string of the molecule is COC(=O)c1cccc2c1O[C@@H](C)[C@H]2C. The third-order valence-corrected chi connectivity index (χ3v) is 2.95. The molecule has 2 atom stereocenters. The number of ether oxygens (including phenoxy) is 2. The Morgan fingerprint density at radius 3 is 2.80 bits per heavy atom. The van der Waals surface area contributed by atoms with Crippen molar-refractivity contribution in [3.05, 3.63) is 29.3 Å². The molecule has 0 aromatic heterocycles. The second kappa shape index (κ2) is 3.57. The number of benzene rings is 1. The van der Waals surface area contributed by atoms with Crippen molar-refractivity contribution in [3.8, 4) is 5.75 Å². The minimum absolute atomic E-state index is 0.116. The number of rotatable bonds is 1. The zero-order valence-electron chi connectivity index (χ0n) is 9.11. The van der Waals surface area contributed by atoms with E-state index >= 15 is 0 Å². The van der Waals surface area contributed by atoms with E-state index in [0.717, 1.165) is 5.56 Å². The van der Waals surface area contributed by atoms with Gasteiger partial charge in [-0.05, 0) is 13.0 Å². The molecular weight excluding hydrogens is 192 g/mol. The molecule has 2 rings (SSSR count). The predicted molar refractivity (Wildman–Crippen MR) is 56.3 cm³/mol. The van der Waals surface area contributed by atoms with Crippen LogP contribution in [-0.2, 0) is 4.74 Å². The number of para-hydroxylation sites is 1. The van der Waals surface area contributed by atoms with E-state index in [1.54, 1.807) is 6.07 Å². The molecule has 0 N–H and O–H groups in total. The number of hydrogen-bond acceptors (Lipinski definition) is 3. The van der Waals surface area contributed by atoms with Gasteiger partial charge in [0.05, 0.1) is 7.11 Å². The van der Waals surface area contributed by atoms with Crippen molar-refractivity contribution in [1.29, 1.82) is 0 Å². The van der Waals surface area contributed by atoms with Gasteiger partial charge >= 0.3 is 5.97 Å². The fourth-order valence-corrected chi connectivity index (χ4v) is 1.86. The van der Waals surface area contributed by atoms with Gasteiger partial charge < -0.3 is 9.47 Å². The highest BCUT2D eigenvalue weighted by molar-refractivity contribution is 5.93. The van der Waals surface area contributed by atoms with Crippen LogP contribution in [0.5, 0.6) is 5.75 Å². The molecule has 0 radical (unpaired) electrons. The zero-order chi connectivity index (χ0) is 11.0. The van der Waals surface area contributed by atoms with Gasteiger partial charge in [-0.15, -0.1) is 0 Å². The molecule has 3 heteroatoms. The molecular formula is C12H14O3. The lowest BCUT2D eigenvalue weighted by atomic mass is 9.97. The molecule has 0 spiro atoms. The Labute approximate surface area is 89.0 Å². The second-order valence-corrected chi connectivity index (χ2v) is 3.83. The molecule has 1 aromatic rings. The molecule has 1 aromatic carbocycles. The first kappa shape index (κ1) is 10.0. The van der Waals surface area contributed by atoms with Crippen LogP contribution in [-0.4, -0.2) is 19.2 Å². The summed E-state index contributed by atoms with van der Waals surface area (Å²) >= 11 is 0. The number of carbonyl (C=O) groups excluding carboxylic acids is 1. The molecule has 1 aliphatic heterocycles. The van der Waals surface area contributed by atoms with Crippen LogP contribution in [0.4, 0.5) is 0 Å². The Morgan fingerprint density at radius 2 is 2.13 bits per heavy atom. The highest BCUT2D eigenvalue weighted by Crippen LogP contribution is 2.40. The largest absolute Gasteiger partial charge is 0.489 e. The van der Waals surface area contributed by atoms with Crippen LogP contribution in [0.25, 0.3) is 0 Å². The number of methoxy groups -OCH3 is 1. The molecule has 0 saturated carbocycles. The Balaban J connectivity index is 2.49. The van der Waals surface area contributed by atoms with Crippen molar-refractivity contribution in [1.82, 2.24) is 0 Å². The van der Waals surface area contributed by atoms with Crippen LogP contribution in [0.15, 0.2) is 18.2 Å². The number of esters is 1.